The van der Waals surface area contributed by atoms with Crippen molar-refractivity contribution in [3.8, 4) is 5.75 Å². The fourth-order valence-corrected chi connectivity index (χ4v) is 4.13. The van der Waals surface area contributed by atoms with Gasteiger partial charge >= 0.3 is 0 Å². The number of carbonyl (C=O) groups excluding carboxylic acids is 1. The van der Waals surface area contributed by atoms with Crippen LogP contribution in [-0.4, -0.2) is 64.3 Å². The Labute approximate surface area is 159 Å². The van der Waals surface area contributed by atoms with Crippen molar-refractivity contribution in [3.05, 3.63) is 41.5 Å². The second-order valence-electron chi connectivity index (χ2n) is 7.39. The molecule has 3 heterocycles. The summed E-state index contributed by atoms with van der Waals surface area (Å²) >= 11 is 0. The Balaban J connectivity index is 1.51. The van der Waals surface area contributed by atoms with Gasteiger partial charge < -0.3 is 14.2 Å². The molecule has 7 nitrogen and oxygen atoms in total. The van der Waals surface area contributed by atoms with E-state index >= 15 is 0 Å². The van der Waals surface area contributed by atoms with Crippen LogP contribution in [0.4, 0.5) is 0 Å². The van der Waals surface area contributed by atoms with Gasteiger partial charge in [-0.15, -0.1) is 10.2 Å². The molecule has 1 aromatic carbocycles. The molecule has 0 unspecified atom stereocenters. The summed E-state index contributed by atoms with van der Waals surface area (Å²) in [7, 11) is 3.78. The molecule has 0 bridgehead atoms. The summed E-state index contributed by atoms with van der Waals surface area (Å²) in [6, 6.07) is 7.69. The second-order valence-corrected chi connectivity index (χ2v) is 7.39. The van der Waals surface area contributed by atoms with Crippen LogP contribution in [0.1, 0.15) is 47.3 Å². The predicted molar refractivity (Wildman–Crippen MR) is 102 cm³/mol. The predicted octanol–water partition coefficient (Wildman–Crippen LogP) is 2.14. The highest BCUT2D eigenvalue weighted by Gasteiger charge is 2.29. The third-order valence-corrected chi connectivity index (χ3v) is 5.73. The van der Waals surface area contributed by atoms with Crippen LogP contribution in [0.15, 0.2) is 24.3 Å². The lowest BCUT2D eigenvalue weighted by atomic mass is 10.0. The molecular formula is C20H27N5O2. The fraction of sp³-hybridized carbons (Fsp3) is 0.550. The number of likely N-dealkylation sites (tertiary alicyclic amines) is 1. The number of methoxy groups -OCH3 is 1. The van der Waals surface area contributed by atoms with Crippen molar-refractivity contribution in [3.63, 3.8) is 0 Å². The number of hydrogen-bond donors (Lipinski definition) is 0. The molecule has 4 rings (SSSR count). The molecular weight excluding hydrogens is 342 g/mol. The monoisotopic (exact) mass is 369 g/mol. The largest absolute Gasteiger partial charge is 0.497 e. The summed E-state index contributed by atoms with van der Waals surface area (Å²) in [4.78, 5) is 17.2. The molecule has 2 aliphatic rings. The van der Waals surface area contributed by atoms with E-state index in [9.17, 15) is 4.79 Å². The van der Waals surface area contributed by atoms with E-state index in [4.69, 9.17) is 4.74 Å². The molecule has 1 atom stereocenters. The van der Waals surface area contributed by atoms with Gasteiger partial charge in [-0.1, -0.05) is 12.5 Å². The average molecular weight is 369 g/mol. The van der Waals surface area contributed by atoms with Crippen LogP contribution in [0.5, 0.6) is 5.75 Å². The molecule has 0 spiro atoms. The fourth-order valence-electron chi connectivity index (χ4n) is 4.13. The van der Waals surface area contributed by atoms with Gasteiger partial charge in [0.2, 0.25) is 0 Å². The molecule has 144 valence electrons. The summed E-state index contributed by atoms with van der Waals surface area (Å²) in [5, 5.41) is 8.96. The number of amides is 1. The summed E-state index contributed by atoms with van der Waals surface area (Å²) < 4.78 is 7.49. The van der Waals surface area contributed by atoms with Crippen LogP contribution in [0.25, 0.3) is 0 Å². The van der Waals surface area contributed by atoms with Gasteiger partial charge in [-0.05, 0) is 44.6 Å². The van der Waals surface area contributed by atoms with Gasteiger partial charge in [-0.25, -0.2) is 0 Å². The minimum Gasteiger partial charge on any atom is -0.497 e. The highest BCUT2D eigenvalue weighted by molar-refractivity contribution is 5.94. The number of aromatic nitrogens is 3. The third-order valence-electron chi connectivity index (χ3n) is 5.73. The molecule has 2 aromatic rings. The zero-order chi connectivity index (χ0) is 18.8. The van der Waals surface area contributed by atoms with Gasteiger partial charge in [0.05, 0.1) is 13.2 Å². The minimum atomic E-state index is 0.0453. The standard InChI is InChI=1S/C20H27N5O2/c1-23-10-4-3-8-17(23)19-22-21-18-9-11-24(12-13-25(18)19)20(26)15-6-5-7-16(14-15)27-2/h5-7,14,17H,3-4,8-13H2,1-2H3/t17-/m0/s1. The van der Waals surface area contributed by atoms with Gasteiger partial charge in [0.15, 0.2) is 0 Å². The van der Waals surface area contributed by atoms with E-state index < -0.39 is 0 Å². The summed E-state index contributed by atoms with van der Waals surface area (Å²) in [5.41, 5.74) is 0.666. The lowest BCUT2D eigenvalue weighted by molar-refractivity contribution is 0.0757. The van der Waals surface area contributed by atoms with Crippen molar-refractivity contribution in [1.29, 1.82) is 0 Å². The SMILES string of the molecule is COc1cccc(C(=O)N2CCc3nnc([C@@H]4CCCCN4C)n3CC2)c1. The van der Waals surface area contributed by atoms with Gasteiger partial charge in [0.25, 0.3) is 5.91 Å². The number of nitrogens with zero attached hydrogens (tertiary/aromatic N) is 5. The lowest BCUT2D eigenvalue weighted by Crippen LogP contribution is -2.34. The number of piperidine rings is 1. The maximum absolute atomic E-state index is 12.9. The highest BCUT2D eigenvalue weighted by atomic mass is 16.5. The highest BCUT2D eigenvalue weighted by Crippen LogP contribution is 2.29. The van der Waals surface area contributed by atoms with Crippen LogP contribution < -0.4 is 4.74 Å². The molecule has 2 aliphatic heterocycles. The third kappa shape index (κ3) is 3.56. The first-order chi connectivity index (χ1) is 13.2. The summed E-state index contributed by atoms with van der Waals surface area (Å²) in [5.74, 6) is 2.80. The Bertz CT molecular complexity index is 818. The maximum atomic E-state index is 12.9. The maximum Gasteiger partial charge on any atom is 0.254 e. The molecule has 1 amide bonds. The van der Waals surface area contributed by atoms with E-state index in [1.54, 1.807) is 13.2 Å². The smallest absolute Gasteiger partial charge is 0.254 e. The van der Waals surface area contributed by atoms with Gasteiger partial charge in [0, 0.05) is 31.6 Å². The first-order valence-corrected chi connectivity index (χ1v) is 9.73. The number of rotatable bonds is 3. The Morgan fingerprint density at radius 1 is 1.15 bits per heavy atom. The van der Waals surface area contributed by atoms with E-state index in [1.165, 1.54) is 12.8 Å². The first kappa shape index (κ1) is 18.0. The zero-order valence-electron chi connectivity index (χ0n) is 16.1. The normalized spacial score (nSPS) is 20.8. The molecule has 0 radical (unpaired) electrons. The van der Waals surface area contributed by atoms with Crippen LogP contribution in [0.3, 0.4) is 0 Å². The lowest BCUT2D eigenvalue weighted by Gasteiger charge is -2.32. The van der Waals surface area contributed by atoms with E-state index in [1.807, 2.05) is 23.1 Å². The number of benzene rings is 1. The topological polar surface area (TPSA) is 63.5 Å². The molecule has 27 heavy (non-hydrogen) atoms. The molecule has 7 heteroatoms. The van der Waals surface area contributed by atoms with E-state index in [0.717, 1.165) is 37.6 Å². The van der Waals surface area contributed by atoms with Gasteiger partial charge in [-0.2, -0.15) is 0 Å². The van der Waals surface area contributed by atoms with Crippen LogP contribution in [0, 0.1) is 0 Å². The van der Waals surface area contributed by atoms with Crippen LogP contribution in [0.2, 0.25) is 0 Å². The molecule has 1 saturated heterocycles. The molecule has 1 aromatic heterocycles. The van der Waals surface area contributed by atoms with Crippen molar-refractivity contribution >= 4 is 5.91 Å². The number of carbonyl (C=O) groups is 1. The molecule has 0 aliphatic carbocycles. The van der Waals surface area contributed by atoms with Crippen molar-refractivity contribution in [2.24, 2.45) is 0 Å². The summed E-state index contributed by atoms with van der Waals surface area (Å²) in [6.07, 6.45) is 4.34. The molecule has 1 fully saturated rings. The minimum absolute atomic E-state index is 0.0453. The van der Waals surface area contributed by atoms with Crippen molar-refractivity contribution in [2.45, 2.75) is 38.3 Å². The summed E-state index contributed by atoms with van der Waals surface area (Å²) in [6.45, 7) is 3.18. The Kier molecular flexibility index (Phi) is 5.11. The van der Waals surface area contributed by atoms with Gasteiger partial charge in [0.1, 0.15) is 17.4 Å². The molecule has 0 saturated carbocycles. The average Bonchev–Trinajstić information content (AvgIpc) is 2.98. The second kappa shape index (κ2) is 7.68. The van der Waals surface area contributed by atoms with E-state index in [-0.39, 0.29) is 5.91 Å². The van der Waals surface area contributed by atoms with Crippen molar-refractivity contribution in [1.82, 2.24) is 24.6 Å². The van der Waals surface area contributed by atoms with E-state index in [0.29, 0.717) is 30.4 Å². The van der Waals surface area contributed by atoms with Crippen LogP contribution in [-0.2, 0) is 13.0 Å². The number of fused-ring (bicyclic) bond motifs is 1. The van der Waals surface area contributed by atoms with Crippen molar-refractivity contribution < 1.29 is 9.53 Å². The molecule has 0 N–H and O–H groups in total. The van der Waals surface area contributed by atoms with Crippen molar-refractivity contribution in [2.75, 3.05) is 33.8 Å². The Morgan fingerprint density at radius 3 is 2.85 bits per heavy atom. The Morgan fingerprint density at radius 2 is 2.04 bits per heavy atom. The number of ether oxygens (including phenoxy) is 1. The quantitative estimate of drug-likeness (QED) is 0.829. The van der Waals surface area contributed by atoms with Gasteiger partial charge in [-0.3, -0.25) is 9.69 Å². The zero-order valence-corrected chi connectivity index (χ0v) is 16.1. The number of hydrogen-bond acceptors (Lipinski definition) is 5. The van der Waals surface area contributed by atoms with Crippen LogP contribution >= 0.6 is 0 Å². The van der Waals surface area contributed by atoms with E-state index in [2.05, 4.69) is 26.7 Å². The first-order valence-electron chi connectivity index (χ1n) is 9.73. The Hall–Kier alpha value is -2.41.